The summed E-state index contributed by atoms with van der Waals surface area (Å²) in [7, 11) is 1.98. The first-order chi connectivity index (χ1) is 7.02. The Kier molecular flexibility index (Phi) is 4.15. The fourth-order valence-corrected chi connectivity index (χ4v) is 2.10. The van der Waals surface area contributed by atoms with Crippen LogP contribution in [0.1, 0.15) is 31.7 Å². The Morgan fingerprint density at radius 3 is 2.60 bits per heavy atom. The zero-order valence-corrected chi connectivity index (χ0v) is 10.6. The lowest BCUT2D eigenvalue weighted by molar-refractivity contribution is 0.400. The molecule has 0 aliphatic rings. The second-order valence-corrected chi connectivity index (χ2v) is 4.86. The minimum Gasteiger partial charge on any atom is -0.370 e. The lowest BCUT2D eigenvalue weighted by Crippen LogP contribution is -2.36. The first-order valence-electron chi connectivity index (χ1n) is 5.12. The van der Waals surface area contributed by atoms with E-state index in [1.54, 1.807) is 11.3 Å². The van der Waals surface area contributed by atoms with Gasteiger partial charge in [-0.05, 0) is 32.2 Å². The third-order valence-electron chi connectivity index (χ3n) is 2.29. The number of nitrogens with two attached hydrogens (primary N) is 1. The van der Waals surface area contributed by atoms with Crippen molar-refractivity contribution < 1.29 is 0 Å². The van der Waals surface area contributed by atoms with Gasteiger partial charge in [-0.25, -0.2) is 0 Å². The Balaban J connectivity index is 2.72. The monoisotopic (exact) mass is 225 g/mol. The molecule has 1 heterocycles. The van der Waals surface area contributed by atoms with E-state index >= 15 is 0 Å². The van der Waals surface area contributed by atoms with Crippen LogP contribution >= 0.6 is 11.3 Å². The van der Waals surface area contributed by atoms with Crippen molar-refractivity contribution in [2.45, 2.75) is 32.9 Å². The Morgan fingerprint density at radius 1 is 1.47 bits per heavy atom. The first kappa shape index (κ1) is 12.0. The van der Waals surface area contributed by atoms with E-state index in [9.17, 15) is 0 Å². The second-order valence-electron chi connectivity index (χ2n) is 3.88. The Hall–Kier alpha value is -1.03. The van der Waals surface area contributed by atoms with Crippen molar-refractivity contribution in [2.24, 2.45) is 10.7 Å². The van der Waals surface area contributed by atoms with Crippen LogP contribution in [0, 0.1) is 0 Å². The van der Waals surface area contributed by atoms with Gasteiger partial charge in [-0.15, -0.1) is 11.3 Å². The summed E-state index contributed by atoms with van der Waals surface area (Å²) in [6, 6.07) is 4.70. The number of hydrogen-bond donors (Lipinski definition) is 1. The van der Waals surface area contributed by atoms with Crippen LogP contribution in [0.3, 0.4) is 0 Å². The number of guanidine groups is 1. The number of rotatable bonds is 3. The maximum atomic E-state index is 5.91. The summed E-state index contributed by atoms with van der Waals surface area (Å²) in [5.41, 5.74) is 5.91. The molecule has 1 rings (SSSR count). The Bertz CT molecular complexity index is 317. The van der Waals surface area contributed by atoms with Gasteiger partial charge in [0, 0.05) is 18.0 Å². The number of nitrogens with zero attached hydrogens (tertiary/aromatic N) is 2. The van der Waals surface area contributed by atoms with Crippen molar-refractivity contribution in [1.29, 1.82) is 0 Å². The van der Waals surface area contributed by atoms with Gasteiger partial charge < -0.3 is 10.6 Å². The van der Waals surface area contributed by atoms with Crippen molar-refractivity contribution in [2.75, 3.05) is 7.05 Å². The van der Waals surface area contributed by atoms with E-state index in [0.717, 1.165) is 0 Å². The topological polar surface area (TPSA) is 41.6 Å². The molecule has 2 N–H and O–H groups in total. The summed E-state index contributed by atoms with van der Waals surface area (Å²) in [5, 5.41) is 2.08. The molecule has 15 heavy (non-hydrogen) atoms. The van der Waals surface area contributed by atoms with Crippen molar-refractivity contribution in [3.8, 4) is 0 Å². The van der Waals surface area contributed by atoms with Gasteiger partial charge in [-0.1, -0.05) is 6.07 Å². The van der Waals surface area contributed by atoms with Crippen LogP contribution in [0.4, 0.5) is 0 Å². The van der Waals surface area contributed by atoms with Crippen molar-refractivity contribution in [3.63, 3.8) is 0 Å². The van der Waals surface area contributed by atoms with Crippen LogP contribution in [-0.2, 0) is 0 Å². The van der Waals surface area contributed by atoms with Gasteiger partial charge >= 0.3 is 0 Å². The van der Waals surface area contributed by atoms with E-state index in [1.807, 2.05) is 25.8 Å². The highest BCUT2D eigenvalue weighted by atomic mass is 32.1. The molecule has 3 nitrogen and oxygen atoms in total. The van der Waals surface area contributed by atoms with E-state index in [0.29, 0.717) is 5.96 Å². The highest BCUT2D eigenvalue weighted by Crippen LogP contribution is 2.22. The lowest BCUT2D eigenvalue weighted by Gasteiger charge is -2.25. The summed E-state index contributed by atoms with van der Waals surface area (Å²) in [4.78, 5) is 7.64. The molecule has 0 saturated carbocycles. The molecule has 0 saturated heterocycles. The van der Waals surface area contributed by atoms with E-state index < -0.39 is 0 Å². The largest absolute Gasteiger partial charge is 0.370 e. The normalized spacial score (nSPS) is 14.3. The van der Waals surface area contributed by atoms with Crippen molar-refractivity contribution in [1.82, 2.24) is 4.90 Å². The third kappa shape index (κ3) is 3.23. The predicted octanol–water partition coefficient (Wildman–Crippen LogP) is 2.46. The lowest BCUT2D eigenvalue weighted by atomic mass is 10.2. The van der Waals surface area contributed by atoms with Gasteiger partial charge in [0.1, 0.15) is 0 Å². The molecule has 0 bridgehead atoms. The minimum atomic E-state index is 0.239. The maximum absolute atomic E-state index is 5.91. The molecule has 84 valence electrons. The molecule has 0 spiro atoms. The maximum Gasteiger partial charge on any atom is 0.191 e. The standard InChI is InChI=1S/C11H19N3S/c1-8(2)13-11(12)14(4)9(3)10-6-5-7-15-10/h5-9H,1-4H3,(H2,12,13). The number of aliphatic imine (C=N–C) groups is 1. The smallest absolute Gasteiger partial charge is 0.191 e. The summed E-state index contributed by atoms with van der Waals surface area (Å²) in [6.45, 7) is 6.18. The molecule has 0 aromatic carbocycles. The highest BCUT2D eigenvalue weighted by Gasteiger charge is 2.14. The average molecular weight is 225 g/mol. The predicted molar refractivity (Wildman–Crippen MR) is 67.3 cm³/mol. The molecular weight excluding hydrogens is 206 g/mol. The molecule has 0 radical (unpaired) electrons. The summed E-state index contributed by atoms with van der Waals surface area (Å²) in [6.07, 6.45) is 0. The summed E-state index contributed by atoms with van der Waals surface area (Å²) in [5.74, 6) is 0.603. The Labute approximate surface area is 95.6 Å². The van der Waals surface area contributed by atoms with Crippen molar-refractivity contribution in [3.05, 3.63) is 22.4 Å². The quantitative estimate of drug-likeness (QED) is 0.634. The van der Waals surface area contributed by atoms with Crippen molar-refractivity contribution >= 4 is 17.3 Å². The van der Waals surface area contributed by atoms with E-state index in [1.165, 1.54) is 4.88 Å². The molecule has 0 aliphatic heterocycles. The van der Waals surface area contributed by atoms with Gasteiger partial charge in [0.2, 0.25) is 0 Å². The molecule has 0 fully saturated rings. The molecular formula is C11H19N3S. The van der Waals surface area contributed by atoms with Crippen LogP contribution in [0.2, 0.25) is 0 Å². The first-order valence-corrected chi connectivity index (χ1v) is 6.00. The van der Waals surface area contributed by atoms with Crippen LogP contribution in [-0.4, -0.2) is 23.9 Å². The number of hydrogen-bond acceptors (Lipinski definition) is 2. The van der Waals surface area contributed by atoms with Crippen LogP contribution in [0.15, 0.2) is 22.5 Å². The second kappa shape index (κ2) is 5.16. The molecule has 0 aliphatic carbocycles. The highest BCUT2D eigenvalue weighted by molar-refractivity contribution is 7.10. The van der Waals surface area contributed by atoms with E-state index in [-0.39, 0.29) is 12.1 Å². The Morgan fingerprint density at radius 2 is 2.13 bits per heavy atom. The van der Waals surface area contributed by atoms with E-state index in [4.69, 9.17) is 5.73 Å². The van der Waals surface area contributed by atoms with Gasteiger partial charge in [0.15, 0.2) is 5.96 Å². The summed E-state index contributed by atoms with van der Waals surface area (Å²) >= 11 is 1.74. The third-order valence-corrected chi connectivity index (χ3v) is 3.33. The van der Waals surface area contributed by atoms with Crippen LogP contribution in [0.5, 0.6) is 0 Å². The van der Waals surface area contributed by atoms with Gasteiger partial charge in [-0.2, -0.15) is 0 Å². The molecule has 4 heteroatoms. The minimum absolute atomic E-state index is 0.239. The van der Waals surface area contributed by atoms with Gasteiger partial charge in [0.05, 0.1) is 6.04 Å². The van der Waals surface area contributed by atoms with E-state index in [2.05, 4.69) is 29.4 Å². The zero-order chi connectivity index (χ0) is 11.4. The van der Waals surface area contributed by atoms with Gasteiger partial charge in [-0.3, -0.25) is 4.99 Å². The fourth-order valence-electron chi connectivity index (χ4n) is 1.27. The zero-order valence-electron chi connectivity index (χ0n) is 9.77. The number of thiophene rings is 1. The summed E-state index contributed by atoms with van der Waals surface area (Å²) < 4.78 is 0. The SMILES string of the molecule is CC(C)N=C(N)N(C)C(C)c1cccs1. The molecule has 1 aromatic rings. The average Bonchev–Trinajstić information content (AvgIpc) is 2.67. The molecule has 1 unspecified atom stereocenters. The molecule has 1 atom stereocenters. The van der Waals surface area contributed by atoms with Crippen LogP contribution in [0.25, 0.3) is 0 Å². The molecule has 1 aromatic heterocycles. The van der Waals surface area contributed by atoms with Crippen LogP contribution < -0.4 is 5.73 Å². The fraction of sp³-hybridized carbons (Fsp3) is 0.545. The van der Waals surface area contributed by atoms with Gasteiger partial charge in [0.25, 0.3) is 0 Å². The molecule has 0 amide bonds.